The molecule has 1 aliphatic heterocycles. The summed E-state index contributed by atoms with van der Waals surface area (Å²) in [5.41, 5.74) is -0.0293. The maximum absolute atomic E-state index is 11.6. The first-order valence-electron chi connectivity index (χ1n) is 7.52. The summed E-state index contributed by atoms with van der Waals surface area (Å²) >= 11 is 0. The minimum absolute atomic E-state index is 0.124. The Morgan fingerprint density at radius 1 is 1.55 bits per heavy atom. The molecule has 0 radical (unpaired) electrons. The number of hydrogen-bond acceptors (Lipinski definition) is 5. The number of hydrogen-bond donors (Lipinski definition) is 2. The first-order chi connectivity index (χ1) is 10.6. The fraction of sp³-hybridized carbons (Fsp3) is 0.533. The van der Waals surface area contributed by atoms with Crippen molar-refractivity contribution in [1.82, 2.24) is 24.6 Å². The largest absolute Gasteiger partial charge is 0.388 e. The van der Waals surface area contributed by atoms with Crippen LogP contribution in [0.2, 0.25) is 0 Å². The van der Waals surface area contributed by atoms with Gasteiger partial charge in [-0.2, -0.15) is 0 Å². The summed E-state index contributed by atoms with van der Waals surface area (Å²) in [7, 11) is 1.59. The number of rotatable bonds is 4. The summed E-state index contributed by atoms with van der Waals surface area (Å²) in [6.07, 6.45) is 7.26. The van der Waals surface area contributed by atoms with Crippen molar-refractivity contribution >= 4 is 11.7 Å². The molecule has 0 spiro atoms. The van der Waals surface area contributed by atoms with Gasteiger partial charge in [0.15, 0.2) is 0 Å². The van der Waals surface area contributed by atoms with E-state index in [0.29, 0.717) is 25.3 Å². The molecule has 22 heavy (non-hydrogen) atoms. The highest BCUT2D eigenvalue weighted by Crippen LogP contribution is 2.25. The van der Waals surface area contributed by atoms with Crippen LogP contribution < -0.4 is 5.32 Å². The second-order valence-corrected chi connectivity index (χ2v) is 5.95. The summed E-state index contributed by atoms with van der Waals surface area (Å²) in [5, 5.41) is 13.2. The Kier molecular flexibility index (Phi) is 4.08. The van der Waals surface area contributed by atoms with Crippen LogP contribution in [-0.4, -0.2) is 56.0 Å². The summed E-state index contributed by atoms with van der Waals surface area (Å²) < 4.78 is 1.88. The van der Waals surface area contributed by atoms with Crippen molar-refractivity contribution in [2.24, 2.45) is 0 Å². The van der Waals surface area contributed by atoms with Gasteiger partial charge in [0.25, 0.3) is 0 Å². The SMILES string of the molecule is CNC(=O)CC1(O)CCCN(Cc2cn3cccnc3n2)C1. The number of nitrogens with one attached hydrogen (secondary N) is 1. The number of piperidine rings is 1. The molecular formula is C15H21N5O2. The van der Waals surface area contributed by atoms with Crippen molar-refractivity contribution < 1.29 is 9.90 Å². The topological polar surface area (TPSA) is 82.8 Å². The quantitative estimate of drug-likeness (QED) is 0.843. The van der Waals surface area contributed by atoms with Gasteiger partial charge in [0, 0.05) is 38.7 Å². The Bertz CT molecular complexity index is 638. The van der Waals surface area contributed by atoms with E-state index in [2.05, 4.69) is 20.2 Å². The fourth-order valence-electron chi connectivity index (χ4n) is 3.06. The first-order valence-corrected chi connectivity index (χ1v) is 7.52. The van der Waals surface area contributed by atoms with Crippen molar-refractivity contribution in [1.29, 1.82) is 0 Å². The highest BCUT2D eigenvalue weighted by Gasteiger charge is 2.35. The van der Waals surface area contributed by atoms with E-state index >= 15 is 0 Å². The minimum Gasteiger partial charge on any atom is -0.388 e. The highest BCUT2D eigenvalue weighted by molar-refractivity contribution is 5.76. The molecule has 1 atom stereocenters. The molecule has 7 heteroatoms. The van der Waals surface area contributed by atoms with E-state index < -0.39 is 5.60 Å². The van der Waals surface area contributed by atoms with Crippen LogP contribution in [0, 0.1) is 0 Å². The van der Waals surface area contributed by atoms with Crippen molar-refractivity contribution in [3.63, 3.8) is 0 Å². The smallest absolute Gasteiger partial charge is 0.233 e. The van der Waals surface area contributed by atoms with E-state index in [9.17, 15) is 9.90 Å². The van der Waals surface area contributed by atoms with E-state index in [4.69, 9.17) is 0 Å². The van der Waals surface area contributed by atoms with Gasteiger partial charge in [0.1, 0.15) is 0 Å². The van der Waals surface area contributed by atoms with Crippen molar-refractivity contribution in [2.75, 3.05) is 20.1 Å². The molecule has 0 aromatic carbocycles. The van der Waals surface area contributed by atoms with Crippen LogP contribution in [0.4, 0.5) is 0 Å². The van der Waals surface area contributed by atoms with Crippen LogP contribution in [0.25, 0.3) is 5.78 Å². The first kappa shape index (κ1) is 14.9. The maximum atomic E-state index is 11.6. The Morgan fingerprint density at radius 3 is 3.18 bits per heavy atom. The molecule has 7 nitrogen and oxygen atoms in total. The monoisotopic (exact) mass is 303 g/mol. The van der Waals surface area contributed by atoms with Crippen molar-refractivity contribution in [3.8, 4) is 0 Å². The standard InChI is InChI=1S/C15H21N5O2/c1-16-13(21)8-15(22)4-2-6-19(11-15)9-12-10-20-7-3-5-17-14(20)18-12/h3,5,7,10,22H,2,4,6,8-9,11H2,1H3,(H,16,21). The van der Waals surface area contributed by atoms with Crippen LogP contribution in [0.3, 0.4) is 0 Å². The molecule has 1 unspecified atom stereocenters. The van der Waals surface area contributed by atoms with Crippen molar-refractivity contribution in [2.45, 2.75) is 31.4 Å². The second kappa shape index (κ2) is 6.02. The number of likely N-dealkylation sites (tertiary alicyclic amines) is 1. The predicted molar refractivity (Wildman–Crippen MR) is 81.1 cm³/mol. The van der Waals surface area contributed by atoms with E-state index in [1.54, 1.807) is 13.2 Å². The molecule has 1 amide bonds. The molecule has 2 N–H and O–H groups in total. The Morgan fingerprint density at radius 2 is 2.41 bits per heavy atom. The van der Waals surface area contributed by atoms with Gasteiger partial charge >= 0.3 is 0 Å². The molecule has 1 fully saturated rings. The third kappa shape index (κ3) is 3.26. The van der Waals surface area contributed by atoms with E-state index in [0.717, 1.165) is 18.7 Å². The molecule has 0 bridgehead atoms. The van der Waals surface area contributed by atoms with Gasteiger partial charge in [-0.15, -0.1) is 0 Å². The third-order valence-corrected chi connectivity index (χ3v) is 4.07. The van der Waals surface area contributed by atoms with E-state index in [1.807, 2.05) is 22.9 Å². The van der Waals surface area contributed by atoms with Gasteiger partial charge in [-0.05, 0) is 25.5 Å². The number of β-amino-alcohol motifs (C(OH)–C–C–N with tert-alkyl or cyclic N) is 1. The normalized spacial score (nSPS) is 22.8. The van der Waals surface area contributed by atoms with Gasteiger partial charge in [-0.25, -0.2) is 9.97 Å². The predicted octanol–water partition coefficient (Wildman–Crippen LogP) is 0.192. The van der Waals surface area contributed by atoms with Gasteiger partial charge in [-0.1, -0.05) is 0 Å². The molecular weight excluding hydrogens is 282 g/mol. The zero-order valence-corrected chi connectivity index (χ0v) is 12.7. The average molecular weight is 303 g/mol. The molecule has 0 aliphatic carbocycles. The van der Waals surface area contributed by atoms with Crippen LogP contribution in [-0.2, 0) is 11.3 Å². The molecule has 2 aromatic heterocycles. The summed E-state index contributed by atoms with van der Waals surface area (Å²) in [6.45, 7) is 2.04. The van der Waals surface area contributed by atoms with Crippen LogP contribution >= 0.6 is 0 Å². The number of carbonyl (C=O) groups is 1. The molecule has 3 heterocycles. The lowest BCUT2D eigenvalue weighted by Crippen LogP contribution is -2.49. The number of aromatic nitrogens is 3. The molecule has 2 aromatic rings. The fourth-order valence-corrected chi connectivity index (χ4v) is 3.06. The number of fused-ring (bicyclic) bond motifs is 1. The van der Waals surface area contributed by atoms with Crippen LogP contribution in [0.1, 0.15) is 25.0 Å². The number of carbonyl (C=O) groups excluding carboxylic acids is 1. The lowest BCUT2D eigenvalue weighted by Gasteiger charge is -2.38. The molecule has 1 aliphatic rings. The number of amides is 1. The maximum Gasteiger partial charge on any atom is 0.233 e. The van der Waals surface area contributed by atoms with Gasteiger partial charge in [0.2, 0.25) is 11.7 Å². The summed E-state index contributed by atoms with van der Waals surface area (Å²) in [5.74, 6) is 0.552. The minimum atomic E-state index is -0.949. The van der Waals surface area contributed by atoms with E-state index in [1.165, 1.54) is 0 Å². The zero-order valence-electron chi connectivity index (χ0n) is 12.7. The highest BCUT2D eigenvalue weighted by atomic mass is 16.3. The second-order valence-electron chi connectivity index (χ2n) is 5.95. The third-order valence-electron chi connectivity index (χ3n) is 4.07. The lowest BCUT2D eigenvalue weighted by atomic mass is 9.89. The van der Waals surface area contributed by atoms with Crippen LogP contribution in [0.5, 0.6) is 0 Å². The molecule has 0 saturated carbocycles. The van der Waals surface area contributed by atoms with Gasteiger partial charge in [-0.3, -0.25) is 14.1 Å². The van der Waals surface area contributed by atoms with E-state index in [-0.39, 0.29) is 12.3 Å². The average Bonchev–Trinajstić information content (AvgIpc) is 2.88. The van der Waals surface area contributed by atoms with Crippen LogP contribution in [0.15, 0.2) is 24.7 Å². The molecule has 118 valence electrons. The van der Waals surface area contributed by atoms with Crippen molar-refractivity contribution in [3.05, 3.63) is 30.4 Å². The number of aliphatic hydroxyl groups is 1. The summed E-state index contributed by atoms with van der Waals surface area (Å²) in [6, 6.07) is 1.86. The number of nitrogens with zero attached hydrogens (tertiary/aromatic N) is 4. The summed E-state index contributed by atoms with van der Waals surface area (Å²) in [4.78, 5) is 22.4. The van der Waals surface area contributed by atoms with Gasteiger partial charge in [0.05, 0.1) is 17.7 Å². The molecule has 1 saturated heterocycles. The molecule has 3 rings (SSSR count). The lowest BCUT2D eigenvalue weighted by molar-refractivity contribution is -0.128. The Hall–Kier alpha value is -1.99. The number of imidazole rings is 1. The van der Waals surface area contributed by atoms with Gasteiger partial charge < -0.3 is 10.4 Å². The Balaban J connectivity index is 1.68. The zero-order chi connectivity index (χ0) is 15.6. The Labute approximate surface area is 129 Å².